The van der Waals surface area contributed by atoms with Crippen molar-refractivity contribution in [3.63, 3.8) is 0 Å². The van der Waals surface area contributed by atoms with Crippen LogP contribution in [0.25, 0.3) is 0 Å². The third kappa shape index (κ3) is 2.73. The van der Waals surface area contributed by atoms with E-state index in [2.05, 4.69) is 10.3 Å². The lowest BCUT2D eigenvalue weighted by Gasteiger charge is -2.11. The van der Waals surface area contributed by atoms with E-state index in [9.17, 15) is 9.18 Å². The van der Waals surface area contributed by atoms with Gasteiger partial charge >= 0.3 is 0 Å². The molecule has 1 heterocycles. The van der Waals surface area contributed by atoms with Gasteiger partial charge in [-0.25, -0.2) is 4.39 Å². The highest BCUT2D eigenvalue weighted by molar-refractivity contribution is 6.29. The molecule has 2 atom stereocenters. The Morgan fingerprint density at radius 3 is 2.92 bits per heavy atom. The van der Waals surface area contributed by atoms with Crippen molar-refractivity contribution < 1.29 is 9.18 Å². The second-order valence-electron chi connectivity index (χ2n) is 2.66. The lowest BCUT2D eigenvalue weighted by Crippen LogP contribution is -2.31. The number of aromatic nitrogens is 1. The van der Waals surface area contributed by atoms with Gasteiger partial charge in [-0.1, -0.05) is 11.6 Å². The van der Waals surface area contributed by atoms with Crippen LogP contribution in [-0.2, 0) is 4.79 Å². The van der Waals surface area contributed by atoms with Crippen LogP contribution < -0.4 is 5.32 Å². The number of carbonyl (C=O) groups is 1. The monoisotopic (exact) mass is 204 g/mol. The minimum atomic E-state index is -1.99. The molecule has 0 saturated heterocycles. The molecule has 3 nitrogen and oxygen atoms in total. The Balaban J connectivity index is 2.51. The third-order valence-electron chi connectivity index (χ3n) is 1.65. The number of H-pyrrole nitrogens is 1. The fourth-order valence-corrected chi connectivity index (χ4v) is 1.03. The number of nitrogens with one attached hydrogen (secondary N) is 2. The van der Waals surface area contributed by atoms with E-state index in [0.29, 0.717) is 0 Å². The second kappa shape index (κ2) is 4.28. The van der Waals surface area contributed by atoms with Gasteiger partial charge < -0.3 is 10.3 Å². The van der Waals surface area contributed by atoms with Gasteiger partial charge in [-0.15, -0.1) is 0 Å². The van der Waals surface area contributed by atoms with E-state index >= 15 is 0 Å². The van der Waals surface area contributed by atoms with Crippen LogP contribution in [0.1, 0.15) is 18.7 Å². The molecule has 1 rings (SSSR count). The summed E-state index contributed by atoms with van der Waals surface area (Å²) in [6, 6.07) is 3.33. The van der Waals surface area contributed by atoms with E-state index in [0.717, 1.165) is 5.69 Å². The van der Waals surface area contributed by atoms with Crippen molar-refractivity contribution in [1.82, 2.24) is 10.3 Å². The van der Waals surface area contributed by atoms with Crippen molar-refractivity contribution >= 4 is 17.5 Å². The van der Waals surface area contributed by atoms with Gasteiger partial charge in [0.15, 0.2) is 0 Å². The molecule has 2 unspecified atom stereocenters. The Labute approximate surface area is 80.3 Å². The molecule has 0 radical (unpaired) electrons. The zero-order valence-corrected chi connectivity index (χ0v) is 7.81. The molecule has 72 valence electrons. The molecule has 1 amide bonds. The average molecular weight is 205 g/mol. The van der Waals surface area contributed by atoms with Crippen molar-refractivity contribution in [1.29, 1.82) is 0 Å². The van der Waals surface area contributed by atoms with Crippen LogP contribution in [0.15, 0.2) is 18.3 Å². The normalized spacial score (nSPS) is 15.0. The first-order chi connectivity index (χ1) is 6.11. The highest BCUT2D eigenvalue weighted by atomic mass is 35.5. The Bertz CT molecular complexity index is 274. The molecule has 13 heavy (non-hydrogen) atoms. The number of rotatable bonds is 3. The summed E-state index contributed by atoms with van der Waals surface area (Å²) in [5.41, 5.74) is -1.18. The Kier molecular flexibility index (Phi) is 3.31. The molecule has 0 aromatic carbocycles. The van der Waals surface area contributed by atoms with Crippen molar-refractivity contribution in [3.05, 3.63) is 24.0 Å². The summed E-state index contributed by atoms with van der Waals surface area (Å²) in [7, 11) is 0. The van der Waals surface area contributed by atoms with E-state index in [1.54, 1.807) is 25.3 Å². The molecule has 0 saturated carbocycles. The number of halogens is 2. The summed E-state index contributed by atoms with van der Waals surface area (Å²) < 4.78 is 12.2. The van der Waals surface area contributed by atoms with Gasteiger partial charge in [0.05, 0.1) is 6.04 Å². The minimum Gasteiger partial charge on any atom is -0.363 e. The molecule has 0 aliphatic heterocycles. The van der Waals surface area contributed by atoms with Crippen LogP contribution in [0.2, 0.25) is 0 Å². The van der Waals surface area contributed by atoms with Gasteiger partial charge in [-0.2, -0.15) is 0 Å². The molecule has 2 N–H and O–H groups in total. The number of alkyl halides is 2. The molecule has 5 heteroatoms. The van der Waals surface area contributed by atoms with Crippen LogP contribution in [0.3, 0.4) is 0 Å². The predicted molar refractivity (Wildman–Crippen MR) is 48.1 cm³/mol. The van der Waals surface area contributed by atoms with Gasteiger partial charge in [0.1, 0.15) is 0 Å². The third-order valence-corrected chi connectivity index (χ3v) is 1.84. The van der Waals surface area contributed by atoms with Crippen molar-refractivity contribution in [2.45, 2.75) is 18.6 Å². The van der Waals surface area contributed by atoms with E-state index in [-0.39, 0.29) is 6.04 Å². The molecular weight excluding hydrogens is 195 g/mol. The maximum Gasteiger partial charge on any atom is 0.270 e. The number of amides is 1. The average Bonchev–Trinajstić information content (AvgIpc) is 2.55. The summed E-state index contributed by atoms with van der Waals surface area (Å²) >= 11 is 4.94. The van der Waals surface area contributed by atoms with Crippen molar-refractivity contribution in [3.8, 4) is 0 Å². The summed E-state index contributed by atoms with van der Waals surface area (Å²) in [4.78, 5) is 13.7. The van der Waals surface area contributed by atoms with Crippen molar-refractivity contribution in [2.75, 3.05) is 0 Å². The van der Waals surface area contributed by atoms with Crippen LogP contribution in [0, 0.1) is 0 Å². The topological polar surface area (TPSA) is 44.9 Å². The standard InChI is InChI=1S/C8H10ClFN2O/c1-5(6-3-2-4-11-6)12-8(13)7(9)10/h2-5,7,11H,1H3,(H,12,13). The predicted octanol–water partition coefficient (Wildman–Crippen LogP) is 1.73. The molecule has 0 fully saturated rings. The van der Waals surface area contributed by atoms with Crippen LogP contribution >= 0.6 is 11.6 Å². The summed E-state index contributed by atoms with van der Waals surface area (Å²) in [5.74, 6) is -0.816. The quantitative estimate of drug-likeness (QED) is 0.724. The zero-order valence-electron chi connectivity index (χ0n) is 7.05. The molecule has 0 aliphatic carbocycles. The number of carbonyl (C=O) groups excluding carboxylic acids is 1. The first-order valence-corrected chi connectivity index (χ1v) is 4.26. The molecule has 1 aromatic heterocycles. The van der Waals surface area contributed by atoms with Crippen LogP contribution in [0.4, 0.5) is 4.39 Å². The number of aromatic amines is 1. The first-order valence-electron chi connectivity index (χ1n) is 3.83. The Morgan fingerprint density at radius 1 is 1.77 bits per heavy atom. The molecule has 1 aromatic rings. The summed E-state index contributed by atoms with van der Waals surface area (Å²) in [6.07, 6.45) is 1.73. The highest BCUT2D eigenvalue weighted by Gasteiger charge is 2.16. The highest BCUT2D eigenvalue weighted by Crippen LogP contribution is 2.09. The lowest BCUT2D eigenvalue weighted by molar-refractivity contribution is -0.124. The molecule has 0 aliphatic rings. The zero-order chi connectivity index (χ0) is 9.84. The van der Waals surface area contributed by atoms with E-state index in [1.807, 2.05) is 0 Å². The number of hydrogen-bond acceptors (Lipinski definition) is 1. The summed E-state index contributed by atoms with van der Waals surface area (Å²) in [5, 5.41) is 2.40. The fourth-order valence-electron chi connectivity index (χ4n) is 0.968. The molecular formula is C8H10ClFN2O. The van der Waals surface area contributed by atoms with Crippen LogP contribution in [-0.4, -0.2) is 16.5 Å². The van der Waals surface area contributed by atoms with Gasteiger partial charge in [-0.05, 0) is 19.1 Å². The maximum absolute atomic E-state index is 12.2. The lowest BCUT2D eigenvalue weighted by atomic mass is 10.2. The van der Waals surface area contributed by atoms with Gasteiger partial charge in [0, 0.05) is 11.9 Å². The van der Waals surface area contributed by atoms with Gasteiger partial charge in [0.2, 0.25) is 0 Å². The SMILES string of the molecule is CC(NC(=O)C(F)Cl)c1ccc[nH]1. The van der Waals surface area contributed by atoms with Gasteiger partial charge in [-0.3, -0.25) is 4.79 Å². The first kappa shape index (κ1) is 10.1. The number of hydrogen-bond donors (Lipinski definition) is 2. The Morgan fingerprint density at radius 2 is 2.46 bits per heavy atom. The smallest absolute Gasteiger partial charge is 0.270 e. The minimum absolute atomic E-state index is 0.264. The Hall–Kier alpha value is -1.03. The second-order valence-corrected chi connectivity index (χ2v) is 3.04. The van der Waals surface area contributed by atoms with E-state index in [1.165, 1.54) is 0 Å². The van der Waals surface area contributed by atoms with E-state index in [4.69, 9.17) is 11.6 Å². The van der Waals surface area contributed by atoms with E-state index < -0.39 is 11.5 Å². The molecule has 0 bridgehead atoms. The summed E-state index contributed by atoms with van der Waals surface area (Å²) in [6.45, 7) is 1.74. The van der Waals surface area contributed by atoms with Crippen molar-refractivity contribution in [2.24, 2.45) is 0 Å². The van der Waals surface area contributed by atoms with Crippen LogP contribution in [0.5, 0.6) is 0 Å². The fraction of sp³-hybridized carbons (Fsp3) is 0.375. The largest absolute Gasteiger partial charge is 0.363 e. The maximum atomic E-state index is 12.2. The van der Waals surface area contributed by atoms with Gasteiger partial charge in [0.25, 0.3) is 11.5 Å². The molecule has 0 spiro atoms.